The molecule has 3 aliphatic rings. The average Bonchev–Trinajstić information content (AvgIpc) is 2.57. The molecule has 138 valence electrons. The maximum Gasteiger partial charge on any atom is 0.358 e. The first-order valence-corrected chi connectivity index (χ1v) is 10.2. The Hall–Kier alpha value is -0.440. The molecule has 1 heterocycles. The van der Waals surface area contributed by atoms with Crippen LogP contribution in [0.1, 0.15) is 84.5 Å². The molecule has 0 bridgehead atoms. The zero-order chi connectivity index (χ0) is 17.2. The van der Waals surface area contributed by atoms with E-state index in [1.54, 1.807) is 12.5 Å². The number of ether oxygens (including phenoxy) is 1. The minimum absolute atomic E-state index is 0.205. The van der Waals surface area contributed by atoms with Crippen LogP contribution in [0.2, 0.25) is 0 Å². The molecular formula is C21H34F2O. The van der Waals surface area contributed by atoms with Gasteiger partial charge in [-0.05, 0) is 76.0 Å². The predicted molar refractivity (Wildman–Crippen MR) is 94.0 cm³/mol. The van der Waals surface area contributed by atoms with Gasteiger partial charge in [0.15, 0.2) is 0 Å². The average molecular weight is 340 g/mol. The largest absolute Gasteiger partial charge is 0.358 e. The maximum atomic E-state index is 13.8. The zero-order valence-electron chi connectivity index (χ0n) is 15.4. The van der Waals surface area contributed by atoms with Gasteiger partial charge in [-0.3, -0.25) is 0 Å². The van der Waals surface area contributed by atoms with Crippen molar-refractivity contribution >= 4 is 0 Å². The van der Waals surface area contributed by atoms with Gasteiger partial charge in [0.1, 0.15) is 0 Å². The molecule has 0 spiro atoms. The molecule has 1 saturated carbocycles. The van der Waals surface area contributed by atoms with E-state index in [1.165, 1.54) is 44.9 Å². The van der Waals surface area contributed by atoms with E-state index in [1.807, 2.05) is 0 Å². The Bertz CT molecular complexity index is 437. The summed E-state index contributed by atoms with van der Waals surface area (Å²) in [6.45, 7) is 3.85. The van der Waals surface area contributed by atoms with Crippen LogP contribution in [-0.4, -0.2) is 12.2 Å². The van der Waals surface area contributed by atoms with E-state index in [2.05, 4.69) is 13.0 Å². The van der Waals surface area contributed by atoms with Gasteiger partial charge in [0.2, 0.25) is 0 Å². The number of rotatable bonds is 4. The number of hydrogen-bond acceptors (Lipinski definition) is 1. The molecule has 0 amide bonds. The maximum absolute atomic E-state index is 13.8. The summed E-state index contributed by atoms with van der Waals surface area (Å²) < 4.78 is 32.8. The van der Waals surface area contributed by atoms with Crippen LogP contribution in [0.25, 0.3) is 0 Å². The molecule has 0 radical (unpaired) electrons. The first-order chi connectivity index (χ1) is 11.4. The van der Waals surface area contributed by atoms with Crippen LogP contribution in [0.3, 0.4) is 0 Å². The minimum Gasteiger partial charge on any atom is -0.317 e. The molecule has 3 atom stereocenters. The van der Waals surface area contributed by atoms with Crippen LogP contribution in [0.4, 0.5) is 8.78 Å². The summed E-state index contributed by atoms with van der Waals surface area (Å²) >= 11 is 0. The first kappa shape index (κ1) is 18.4. The lowest BCUT2D eigenvalue weighted by Gasteiger charge is -2.40. The van der Waals surface area contributed by atoms with E-state index in [0.717, 1.165) is 31.1 Å². The van der Waals surface area contributed by atoms with Crippen LogP contribution >= 0.6 is 0 Å². The van der Waals surface area contributed by atoms with E-state index in [4.69, 9.17) is 4.74 Å². The van der Waals surface area contributed by atoms with E-state index in [9.17, 15) is 8.78 Å². The highest BCUT2D eigenvalue weighted by molar-refractivity contribution is 5.02. The standard InChI is InChI=1S/C21H34F2O/c1-15-3-6-17(7-4-15)8-9-18-10-12-19(13-11-18)20-14-5-16(2)21(22,23)24-20/h3,16-20H,4-14H2,1-2H3. The lowest BCUT2D eigenvalue weighted by Crippen LogP contribution is -2.43. The van der Waals surface area contributed by atoms with Crippen molar-refractivity contribution in [2.45, 2.75) is 96.7 Å². The predicted octanol–water partition coefficient (Wildman–Crippen LogP) is 6.73. The van der Waals surface area contributed by atoms with Gasteiger partial charge in [-0.1, -0.05) is 37.8 Å². The first-order valence-electron chi connectivity index (χ1n) is 10.2. The molecule has 0 aromatic carbocycles. The minimum atomic E-state index is -2.91. The van der Waals surface area contributed by atoms with E-state index in [-0.39, 0.29) is 6.10 Å². The van der Waals surface area contributed by atoms with Crippen molar-refractivity contribution in [2.24, 2.45) is 23.7 Å². The van der Waals surface area contributed by atoms with Gasteiger partial charge < -0.3 is 4.74 Å². The summed E-state index contributed by atoms with van der Waals surface area (Å²) in [6.07, 6.45) is 11.9. The van der Waals surface area contributed by atoms with Crippen molar-refractivity contribution < 1.29 is 13.5 Å². The SMILES string of the molecule is CC1=CCC(CCC2CCC(C3CCC(C)C(F)(F)O3)CC2)CC1. The van der Waals surface area contributed by atoms with E-state index < -0.39 is 12.0 Å². The monoisotopic (exact) mass is 340 g/mol. The van der Waals surface area contributed by atoms with Gasteiger partial charge in [-0.2, -0.15) is 8.78 Å². The van der Waals surface area contributed by atoms with Crippen molar-refractivity contribution in [2.75, 3.05) is 0 Å². The van der Waals surface area contributed by atoms with Crippen molar-refractivity contribution in [3.8, 4) is 0 Å². The van der Waals surface area contributed by atoms with Crippen molar-refractivity contribution in [3.63, 3.8) is 0 Å². The lowest BCUT2D eigenvalue weighted by atomic mass is 9.74. The molecule has 2 aliphatic carbocycles. The van der Waals surface area contributed by atoms with Crippen LogP contribution in [-0.2, 0) is 4.74 Å². The van der Waals surface area contributed by atoms with Crippen molar-refractivity contribution in [1.82, 2.24) is 0 Å². The van der Waals surface area contributed by atoms with Gasteiger partial charge in [0, 0.05) is 5.92 Å². The van der Waals surface area contributed by atoms with E-state index in [0.29, 0.717) is 12.3 Å². The number of alkyl halides is 2. The molecule has 2 fully saturated rings. The van der Waals surface area contributed by atoms with Crippen LogP contribution in [0.5, 0.6) is 0 Å². The second-order valence-corrected chi connectivity index (χ2v) is 8.75. The van der Waals surface area contributed by atoms with Gasteiger partial charge in [0.05, 0.1) is 6.10 Å². The highest BCUT2D eigenvalue weighted by Gasteiger charge is 2.46. The third-order valence-corrected chi connectivity index (χ3v) is 6.91. The topological polar surface area (TPSA) is 9.23 Å². The second kappa shape index (κ2) is 7.85. The fourth-order valence-corrected chi connectivity index (χ4v) is 4.89. The molecule has 0 aromatic rings. The second-order valence-electron chi connectivity index (χ2n) is 8.75. The molecule has 3 rings (SSSR count). The molecule has 3 unspecified atom stereocenters. The van der Waals surface area contributed by atoms with Crippen molar-refractivity contribution in [1.29, 1.82) is 0 Å². The number of halogens is 2. The molecule has 1 saturated heterocycles. The molecule has 24 heavy (non-hydrogen) atoms. The van der Waals surface area contributed by atoms with Crippen LogP contribution in [0, 0.1) is 23.7 Å². The van der Waals surface area contributed by atoms with Gasteiger partial charge in [-0.25, -0.2) is 0 Å². The third kappa shape index (κ3) is 4.59. The highest BCUT2D eigenvalue weighted by atomic mass is 19.3. The van der Waals surface area contributed by atoms with Gasteiger partial charge >= 0.3 is 6.11 Å². The Labute approximate surface area is 146 Å². The molecule has 1 aliphatic heterocycles. The summed E-state index contributed by atoms with van der Waals surface area (Å²) in [5, 5.41) is 0. The summed E-state index contributed by atoms with van der Waals surface area (Å²) in [5.74, 6) is 1.43. The summed E-state index contributed by atoms with van der Waals surface area (Å²) in [4.78, 5) is 0. The fourth-order valence-electron chi connectivity index (χ4n) is 4.89. The fraction of sp³-hybridized carbons (Fsp3) is 0.905. The van der Waals surface area contributed by atoms with Crippen LogP contribution in [0.15, 0.2) is 11.6 Å². The lowest BCUT2D eigenvalue weighted by molar-refractivity contribution is -0.319. The van der Waals surface area contributed by atoms with Gasteiger partial charge in [0.25, 0.3) is 0 Å². The highest BCUT2D eigenvalue weighted by Crippen LogP contribution is 2.43. The molecular weight excluding hydrogens is 306 g/mol. The smallest absolute Gasteiger partial charge is 0.317 e. The number of hydrogen-bond donors (Lipinski definition) is 0. The van der Waals surface area contributed by atoms with Crippen molar-refractivity contribution in [3.05, 3.63) is 11.6 Å². The molecule has 0 aromatic heterocycles. The normalized spacial score (nSPS) is 40.2. The Morgan fingerprint density at radius 2 is 1.71 bits per heavy atom. The Morgan fingerprint density at radius 1 is 1.00 bits per heavy atom. The van der Waals surface area contributed by atoms with Gasteiger partial charge in [-0.15, -0.1) is 0 Å². The Balaban J connectivity index is 1.38. The number of allylic oxidation sites excluding steroid dienone is 2. The van der Waals surface area contributed by atoms with E-state index >= 15 is 0 Å². The van der Waals surface area contributed by atoms with Crippen LogP contribution < -0.4 is 0 Å². The quantitative estimate of drug-likeness (QED) is 0.516. The zero-order valence-corrected chi connectivity index (χ0v) is 15.4. The summed E-state index contributed by atoms with van der Waals surface area (Å²) in [5.41, 5.74) is 1.56. The Morgan fingerprint density at radius 3 is 2.33 bits per heavy atom. The third-order valence-electron chi connectivity index (χ3n) is 6.91. The molecule has 0 N–H and O–H groups in total. The summed E-state index contributed by atoms with van der Waals surface area (Å²) in [6, 6.07) is 0. The molecule has 1 nitrogen and oxygen atoms in total. The Kier molecular flexibility index (Phi) is 6.00. The summed E-state index contributed by atoms with van der Waals surface area (Å²) in [7, 11) is 0. The molecule has 3 heteroatoms.